The Labute approximate surface area is 160 Å². The molecule has 146 valence electrons. The molecule has 2 aromatic rings. The number of hydrogen-bond donors (Lipinski definition) is 1. The minimum Gasteiger partial charge on any atom is -0.497 e. The number of aromatic amines is 1. The van der Waals surface area contributed by atoms with Crippen molar-refractivity contribution in [1.29, 1.82) is 0 Å². The normalized spacial score (nSPS) is 14.7. The van der Waals surface area contributed by atoms with Gasteiger partial charge in [-0.3, -0.25) is 9.69 Å². The van der Waals surface area contributed by atoms with Crippen LogP contribution in [0, 0.1) is 6.92 Å². The molecule has 0 saturated heterocycles. The van der Waals surface area contributed by atoms with Crippen LogP contribution in [0.3, 0.4) is 0 Å². The van der Waals surface area contributed by atoms with Gasteiger partial charge in [0.1, 0.15) is 17.3 Å². The zero-order valence-corrected chi connectivity index (χ0v) is 17.1. The third-order valence-electron chi connectivity index (χ3n) is 5.11. The molecule has 1 aliphatic heterocycles. The standard InChI is InChI=1S/C21H29N3O3/c1-13-9-14(26-5)10-18(27-6)16(13)11-24-8-7-15-17(12-24)22-20(21(2,3)4)23-19(15)25/h9-10H,7-8,11-12H2,1-6H3,(H,22,23,25). The SMILES string of the molecule is COc1cc(C)c(CN2CCc3c(nc(C(C)(C)C)[nH]c3=O)C2)c(OC)c1. The number of fused-ring (bicyclic) bond motifs is 1. The van der Waals surface area contributed by atoms with Crippen molar-refractivity contribution < 1.29 is 9.47 Å². The molecule has 6 heteroatoms. The highest BCUT2D eigenvalue weighted by Gasteiger charge is 2.25. The van der Waals surface area contributed by atoms with Crippen LogP contribution in [0.25, 0.3) is 0 Å². The summed E-state index contributed by atoms with van der Waals surface area (Å²) >= 11 is 0. The molecule has 1 aliphatic rings. The fourth-order valence-electron chi connectivity index (χ4n) is 3.46. The number of nitrogens with one attached hydrogen (secondary N) is 1. The van der Waals surface area contributed by atoms with Crippen LogP contribution < -0.4 is 15.0 Å². The van der Waals surface area contributed by atoms with Crippen LogP contribution in [0.2, 0.25) is 0 Å². The van der Waals surface area contributed by atoms with E-state index in [-0.39, 0.29) is 11.0 Å². The van der Waals surface area contributed by atoms with Crippen LogP contribution >= 0.6 is 0 Å². The van der Waals surface area contributed by atoms with Gasteiger partial charge in [-0.05, 0) is 25.0 Å². The predicted octanol–water partition coefficient (Wildman–Crippen LogP) is 2.95. The first-order valence-electron chi connectivity index (χ1n) is 9.29. The summed E-state index contributed by atoms with van der Waals surface area (Å²) in [5.74, 6) is 2.36. The monoisotopic (exact) mass is 371 g/mol. The first-order chi connectivity index (χ1) is 12.7. The molecule has 0 atom stereocenters. The highest BCUT2D eigenvalue weighted by Crippen LogP contribution is 2.30. The van der Waals surface area contributed by atoms with Crippen LogP contribution in [-0.2, 0) is 24.9 Å². The van der Waals surface area contributed by atoms with Crippen LogP contribution in [0.1, 0.15) is 49.0 Å². The van der Waals surface area contributed by atoms with Gasteiger partial charge >= 0.3 is 0 Å². The number of aromatic nitrogens is 2. The van der Waals surface area contributed by atoms with E-state index in [1.807, 2.05) is 12.1 Å². The van der Waals surface area contributed by atoms with Crippen molar-refractivity contribution in [1.82, 2.24) is 14.9 Å². The molecule has 0 fully saturated rings. The van der Waals surface area contributed by atoms with Crippen molar-refractivity contribution in [3.63, 3.8) is 0 Å². The van der Waals surface area contributed by atoms with Crippen LogP contribution in [-0.4, -0.2) is 35.6 Å². The van der Waals surface area contributed by atoms with Crippen molar-refractivity contribution in [3.05, 3.63) is 50.7 Å². The molecule has 0 radical (unpaired) electrons. The van der Waals surface area contributed by atoms with Gasteiger partial charge < -0.3 is 14.5 Å². The molecule has 1 N–H and O–H groups in total. The summed E-state index contributed by atoms with van der Waals surface area (Å²) in [5.41, 5.74) is 3.79. The molecule has 0 saturated carbocycles. The van der Waals surface area contributed by atoms with Crippen LogP contribution in [0.15, 0.2) is 16.9 Å². The molecule has 0 amide bonds. The Hall–Kier alpha value is -2.34. The van der Waals surface area contributed by atoms with Gasteiger partial charge in [0.15, 0.2) is 0 Å². The van der Waals surface area contributed by atoms with Gasteiger partial charge in [0, 0.05) is 42.2 Å². The highest BCUT2D eigenvalue weighted by molar-refractivity contribution is 5.46. The maximum atomic E-state index is 12.5. The van der Waals surface area contributed by atoms with E-state index in [0.29, 0.717) is 13.0 Å². The fraction of sp³-hybridized carbons (Fsp3) is 0.524. The van der Waals surface area contributed by atoms with E-state index in [0.717, 1.165) is 52.8 Å². The summed E-state index contributed by atoms with van der Waals surface area (Å²) in [6.07, 6.45) is 0.708. The van der Waals surface area contributed by atoms with Gasteiger partial charge in [0.25, 0.3) is 5.56 Å². The van der Waals surface area contributed by atoms with Crippen molar-refractivity contribution in [2.75, 3.05) is 20.8 Å². The number of ether oxygens (including phenoxy) is 2. The van der Waals surface area contributed by atoms with Gasteiger partial charge in [-0.2, -0.15) is 0 Å². The molecule has 0 aliphatic carbocycles. The average Bonchev–Trinajstić information content (AvgIpc) is 2.62. The number of hydrogen-bond acceptors (Lipinski definition) is 5. The van der Waals surface area contributed by atoms with Crippen LogP contribution in [0.5, 0.6) is 11.5 Å². The summed E-state index contributed by atoms with van der Waals surface area (Å²) in [5, 5.41) is 0. The molecule has 0 unspecified atom stereocenters. The lowest BCUT2D eigenvalue weighted by Crippen LogP contribution is -2.36. The highest BCUT2D eigenvalue weighted by atomic mass is 16.5. The minimum atomic E-state index is -0.188. The summed E-state index contributed by atoms with van der Waals surface area (Å²) in [7, 11) is 3.34. The lowest BCUT2D eigenvalue weighted by atomic mass is 9.94. The van der Waals surface area contributed by atoms with E-state index < -0.39 is 0 Å². The van der Waals surface area contributed by atoms with Crippen molar-refractivity contribution >= 4 is 0 Å². The Morgan fingerprint density at radius 2 is 1.96 bits per heavy atom. The van der Waals surface area contributed by atoms with Gasteiger partial charge in [-0.1, -0.05) is 20.8 Å². The van der Waals surface area contributed by atoms with Crippen LogP contribution in [0.4, 0.5) is 0 Å². The lowest BCUT2D eigenvalue weighted by Gasteiger charge is -2.30. The number of methoxy groups -OCH3 is 2. The number of nitrogens with zero attached hydrogens (tertiary/aromatic N) is 2. The lowest BCUT2D eigenvalue weighted by molar-refractivity contribution is 0.235. The van der Waals surface area contributed by atoms with Gasteiger partial charge in [-0.15, -0.1) is 0 Å². The van der Waals surface area contributed by atoms with Gasteiger partial charge in [0.05, 0.1) is 19.9 Å². The smallest absolute Gasteiger partial charge is 0.254 e. The van der Waals surface area contributed by atoms with Gasteiger partial charge in [0.2, 0.25) is 0 Å². The van der Waals surface area contributed by atoms with Crippen molar-refractivity contribution in [2.45, 2.75) is 52.6 Å². The molecule has 27 heavy (non-hydrogen) atoms. The zero-order chi connectivity index (χ0) is 19.8. The summed E-state index contributed by atoms with van der Waals surface area (Å²) in [6.45, 7) is 10.5. The second-order valence-corrected chi connectivity index (χ2v) is 8.18. The molecular formula is C21H29N3O3. The van der Waals surface area contributed by atoms with E-state index >= 15 is 0 Å². The van der Waals surface area contributed by atoms with E-state index in [1.54, 1.807) is 14.2 Å². The van der Waals surface area contributed by atoms with E-state index in [1.165, 1.54) is 0 Å². The van der Waals surface area contributed by atoms with Crippen molar-refractivity contribution in [2.24, 2.45) is 0 Å². The fourth-order valence-corrected chi connectivity index (χ4v) is 3.46. The Morgan fingerprint density at radius 1 is 1.22 bits per heavy atom. The average molecular weight is 371 g/mol. The van der Waals surface area contributed by atoms with Crippen molar-refractivity contribution in [3.8, 4) is 11.5 Å². The van der Waals surface area contributed by atoms with E-state index in [9.17, 15) is 4.79 Å². The molecule has 3 rings (SSSR count). The second-order valence-electron chi connectivity index (χ2n) is 8.18. The molecule has 6 nitrogen and oxygen atoms in total. The third-order valence-corrected chi connectivity index (χ3v) is 5.11. The topological polar surface area (TPSA) is 67.5 Å². The number of H-pyrrole nitrogens is 1. The second kappa shape index (κ2) is 7.35. The molecule has 0 bridgehead atoms. The third kappa shape index (κ3) is 4.00. The Morgan fingerprint density at radius 3 is 2.59 bits per heavy atom. The number of aryl methyl sites for hydroxylation is 1. The molecule has 2 heterocycles. The maximum Gasteiger partial charge on any atom is 0.254 e. The molecular weight excluding hydrogens is 342 g/mol. The Bertz CT molecular complexity index is 897. The van der Waals surface area contributed by atoms with Gasteiger partial charge in [-0.25, -0.2) is 4.98 Å². The minimum absolute atomic E-state index is 0.00258. The molecule has 0 spiro atoms. The van der Waals surface area contributed by atoms with E-state index in [2.05, 4.69) is 37.6 Å². The first-order valence-corrected chi connectivity index (χ1v) is 9.29. The number of benzene rings is 1. The number of rotatable bonds is 4. The maximum absolute atomic E-state index is 12.5. The summed E-state index contributed by atoms with van der Waals surface area (Å²) in [4.78, 5) is 22.5. The Kier molecular flexibility index (Phi) is 5.29. The zero-order valence-electron chi connectivity index (χ0n) is 17.1. The summed E-state index contributed by atoms with van der Waals surface area (Å²) < 4.78 is 10.9. The quantitative estimate of drug-likeness (QED) is 0.895. The van der Waals surface area contributed by atoms with E-state index in [4.69, 9.17) is 14.5 Å². The largest absolute Gasteiger partial charge is 0.497 e. The molecule has 1 aromatic carbocycles. The Balaban J connectivity index is 1.89. The predicted molar refractivity (Wildman–Crippen MR) is 106 cm³/mol. The molecule has 1 aromatic heterocycles. The summed E-state index contributed by atoms with van der Waals surface area (Å²) in [6, 6.07) is 3.94. The first kappa shape index (κ1) is 19.4.